The van der Waals surface area contributed by atoms with Crippen molar-refractivity contribution >= 4 is 27.3 Å². The van der Waals surface area contributed by atoms with E-state index in [4.69, 9.17) is 0 Å². The molecule has 0 aromatic carbocycles. The zero-order chi connectivity index (χ0) is 11.3. The van der Waals surface area contributed by atoms with Gasteiger partial charge in [0.05, 0.1) is 0 Å². The molecule has 1 atom stereocenters. The molecule has 0 radical (unpaired) electrons. The van der Waals surface area contributed by atoms with E-state index >= 15 is 0 Å². The van der Waals surface area contributed by atoms with E-state index in [0.717, 1.165) is 13.1 Å². The molecule has 0 spiro atoms. The third-order valence-corrected chi connectivity index (χ3v) is 4.46. The Morgan fingerprint density at radius 2 is 2.33 bits per heavy atom. The molecule has 0 bridgehead atoms. The lowest BCUT2D eigenvalue weighted by molar-refractivity contribution is 0.261. The van der Waals surface area contributed by atoms with E-state index < -0.39 is 0 Å². The van der Waals surface area contributed by atoms with Crippen LogP contribution in [-0.2, 0) is 0 Å². The van der Waals surface area contributed by atoms with Gasteiger partial charge >= 0.3 is 0 Å². The highest BCUT2D eigenvalue weighted by molar-refractivity contribution is 9.10. The van der Waals surface area contributed by atoms with Crippen molar-refractivity contribution < 1.29 is 0 Å². The Labute approximate surface area is 105 Å². The number of thiophene rings is 1. The largest absolute Gasteiger partial charge is 0.320 e. The minimum Gasteiger partial charge on any atom is -0.320 e. The second-order valence-electron chi connectivity index (χ2n) is 3.78. The molecule has 0 fully saturated rings. The molecule has 15 heavy (non-hydrogen) atoms. The Kier molecular flexibility index (Phi) is 5.82. The fourth-order valence-electron chi connectivity index (χ4n) is 1.46. The fourth-order valence-corrected chi connectivity index (χ4v) is 3.03. The summed E-state index contributed by atoms with van der Waals surface area (Å²) < 4.78 is 1.19. The molecule has 86 valence electrons. The van der Waals surface area contributed by atoms with E-state index in [1.165, 1.54) is 15.8 Å². The van der Waals surface area contributed by atoms with Gasteiger partial charge in [0.2, 0.25) is 0 Å². The fraction of sp³-hybridized carbons (Fsp3) is 0.636. The lowest BCUT2D eigenvalue weighted by Crippen LogP contribution is -2.25. The highest BCUT2D eigenvalue weighted by atomic mass is 79.9. The van der Waals surface area contributed by atoms with Crippen LogP contribution < -0.4 is 5.32 Å². The van der Waals surface area contributed by atoms with Crippen molar-refractivity contribution in [2.45, 2.75) is 19.4 Å². The van der Waals surface area contributed by atoms with Crippen LogP contribution >= 0.6 is 27.3 Å². The Balaban J connectivity index is 2.42. The summed E-state index contributed by atoms with van der Waals surface area (Å²) in [6, 6.07) is 2.72. The van der Waals surface area contributed by atoms with Gasteiger partial charge < -0.3 is 5.32 Å². The molecule has 1 rings (SSSR count). The second kappa shape index (κ2) is 6.63. The van der Waals surface area contributed by atoms with Crippen molar-refractivity contribution in [2.24, 2.45) is 0 Å². The number of nitrogens with one attached hydrogen (secondary N) is 1. The minimum absolute atomic E-state index is 0.512. The maximum Gasteiger partial charge on any atom is 0.0410 e. The molecule has 0 saturated heterocycles. The molecule has 0 aliphatic carbocycles. The summed E-state index contributed by atoms with van der Waals surface area (Å²) >= 11 is 5.32. The average Bonchev–Trinajstić information content (AvgIpc) is 2.64. The van der Waals surface area contributed by atoms with Crippen LogP contribution in [0.25, 0.3) is 0 Å². The monoisotopic (exact) mass is 290 g/mol. The number of rotatable bonds is 6. The van der Waals surface area contributed by atoms with Gasteiger partial charge in [-0.05, 0) is 62.5 Å². The summed E-state index contributed by atoms with van der Waals surface area (Å²) in [6.45, 7) is 4.49. The first-order valence-electron chi connectivity index (χ1n) is 5.24. The summed E-state index contributed by atoms with van der Waals surface area (Å²) in [7, 11) is 4.19. The standard InChI is InChI=1S/C11H19BrN2S/c1-9(11-7-10(12)8-15-11)14(3)6-4-5-13-2/h7-9,13H,4-6H2,1-3H3. The zero-order valence-electron chi connectivity index (χ0n) is 9.59. The van der Waals surface area contributed by atoms with E-state index in [2.05, 4.69) is 51.6 Å². The molecule has 1 N–H and O–H groups in total. The van der Waals surface area contributed by atoms with Crippen LogP contribution in [-0.4, -0.2) is 32.1 Å². The van der Waals surface area contributed by atoms with Crippen LogP contribution in [0, 0.1) is 0 Å². The highest BCUT2D eigenvalue weighted by Crippen LogP contribution is 2.28. The van der Waals surface area contributed by atoms with E-state index in [1.54, 1.807) is 0 Å². The zero-order valence-corrected chi connectivity index (χ0v) is 12.0. The lowest BCUT2D eigenvalue weighted by Gasteiger charge is -2.23. The van der Waals surface area contributed by atoms with E-state index in [-0.39, 0.29) is 0 Å². The smallest absolute Gasteiger partial charge is 0.0410 e. The molecule has 0 amide bonds. The Morgan fingerprint density at radius 3 is 2.87 bits per heavy atom. The summed E-state index contributed by atoms with van der Waals surface area (Å²) in [5.41, 5.74) is 0. The SMILES string of the molecule is CNCCCN(C)C(C)c1cc(Br)cs1. The van der Waals surface area contributed by atoms with Gasteiger partial charge in [-0.3, -0.25) is 4.90 Å². The van der Waals surface area contributed by atoms with Crippen molar-refractivity contribution in [3.63, 3.8) is 0 Å². The first-order chi connectivity index (χ1) is 7.15. The summed E-state index contributed by atoms with van der Waals surface area (Å²) in [4.78, 5) is 3.82. The van der Waals surface area contributed by atoms with Crippen molar-refractivity contribution in [3.8, 4) is 0 Å². The van der Waals surface area contributed by atoms with Crippen molar-refractivity contribution in [1.29, 1.82) is 0 Å². The second-order valence-corrected chi connectivity index (χ2v) is 5.64. The molecule has 1 unspecified atom stereocenters. The summed E-state index contributed by atoms with van der Waals surface area (Å²) in [5, 5.41) is 5.32. The van der Waals surface area contributed by atoms with Crippen molar-refractivity contribution in [2.75, 3.05) is 27.2 Å². The number of halogens is 1. The molecular weight excluding hydrogens is 272 g/mol. The average molecular weight is 291 g/mol. The molecule has 4 heteroatoms. The van der Waals surface area contributed by atoms with Crippen molar-refractivity contribution in [1.82, 2.24) is 10.2 Å². The summed E-state index contributed by atoms with van der Waals surface area (Å²) in [5.74, 6) is 0. The molecule has 0 saturated carbocycles. The molecule has 1 aromatic heterocycles. The van der Waals surface area contributed by atoms with Crippen LogP contribution in [0.5, 0.6) is 0 Å². The summed E-state index contributed by atoms with van der Waals surface area (Å²) in [6.07, 6.45) is 1.20. The van der Waals surface area contributed by atoms with Crippen LogP contribution in [0.1, 0.15) is 24.3 Å². The Morgan fingerprint density at radius 1 is 1.60 bits per heavy atom. The topological polar surface area (TPSA) is 15.3 Å². The van der Waals surface area contributed by atoms with Gasteiger partial charge in [-0.2, -0.15) is 0 Å². The maximum atomic E-state index is 3.50. The van der Waals surface area contributed by atoms with Gasteiger partial charge in [0.1, 0.15) is 0 Å². The van der Waals surface area contributed by atoms with E-state index in [0.29, 0.717) is 6.04 Å². The molecule has 0 aliphatic rings. The van der Waals surface area contributed by atoms with E-state index in [9.17, 15) is 0 Å². The van der Waals surface area contributed by atoms with Crippen LogP contribution in [0.15, 0.2) is 15.9 Å². The lowest BCUT2D eigenvalue weighted by atomic mass is 10.2. The third kappa shape index (κ3) is 4.23. The maximum absolute atomic E-state index is 3.50. The number of hydrogen-bond donors (Lipinski definition) is 1. The molecule has 1 heterocycles. The van der Waals surface area contributed by atoms with Crippen molar-refractivity contribution in [3.05, 3.63) is 20.8 Å². The van der Waals surface area contributed by atoms with Crippen LogP contribution in [0.3, 0.4) is 0 Å². The molecule has 0 aliphatic heterocycles. The highest BCUT2D eigenvalue weighted by Gasteiger charge is 2.12. The van der Waals surface area contributed by atoms with Gasteiger partial charge in [-0.15, -0.1) is 11.3 Å². The quantitative estimate of drug-likeness (QED) is 0.810. The number of nitrogens with zero attached hydrogens (tertiary/aromatic N) is 1. The Bertz CT molecular complexity index is 288. The predicted octanol–water partition coefficient (Wildman–Crippen LogP) is 3.11. The van der Waals surface area contributed by atoms with Gasteiger partial charge in [-0.25, -0.2) is 0 Å². The Hall–Kier alpha value is 0.1000. The van der Waals surface area contributed by atoms with Crippen LogP contribution in [0.2, 0.25) is 0 Å². The molecule has 2 nitrogen and oxygen atoms in total. The van der Waals surface area contributed by atoms with Gasteiger partial charge in [0.15, 0.2) is 0 Å². The minimum atomic E-state index is 0.512. The first kappa shape index (κ1) is 13.2. The van der Waals surface area contributed by atoms with Gasteiger partial charge in [0, 0.05) is 20.8 Å². The van der Waals surface area contributed by atoms with E-state index in [1.807, 2.05) is 18.4 Å². The molecule has 1 aromatic rings. The molecular formula is C11H19BrN2S. The van der Waals surface area contributed by atoms with Gasteiger partial charge in [-0.1, -0.05) is 0 Å². The van der Waals surface area contributed by atoms with Gasteiger partial charge in [0.25, 0.3) is 0 Å². The first-order valence-corrected chi connectivity index (χ1v) is 6.91. The number of hydrogen-bond acceptors (Lipinski definition) is 3. The normalized spacial score (nSPS) is 13.4. The van der Waals surface area contributed by atoms with Crippen LogP contribution in [0.4, 0.5) is 0 Å². The predicted molar refractivity (Wildman–Crippen MR) is 71.6 cm³/mol. The third-order valence-electron chi connectivity index (χ3n) is 2.60.